The first-order chi connectivity index (χ1) is 16.4. The Morgan fingerprint density at radius 1 is 1.24 bits per heavy atom. The number of anilines is 1. The lowest BCUT2D eigenvalue weighted by molar-refractivity contribution is 0.301. The van der Waals surface area contributed by atoms with Crippen molar-refractivity contribution in [1.82, 2.24) is 20.3 Å². The Hall–Kier alpha value is -2.91. The van der Waals surface area contributed by atoms with E-state index < -0.39 is 11.5 Å². The Morgan fingerprint density at radius 3 is 2.68 bits per heavy atom. The minimum atomic E-state index is -1.63. The van der Waals surface area contributed by atoms with E-state index in [1.54, 1.807) is 37.4 Å². The van der Waals surface area contributed by atoms with Crippen LogP contribution in [0.5, 0.6) is 5.75 Å². The molecule has 2 N–H and O–H groups in total. The second-order valence-corrected chi connectivity index (χ2v) is 9.13. The third-order valence-corrected chi connectivity index (χ3v) is 6.82. The van der Waals surface area contributed by atoms with Crippen LogP contribution >= 0.6 is 0 Å². The molecular formula is C25H29F2N5O2. The normalized spacial score (nSPS) is 17.7. The highest BCUT2D eigenvalue weighted by atomic mass is 19.1. The number of benzene rings is 1. The van der Waals surface area contributed by atoms with E-state index in [0.717, 1.165) is 31.6 Å². The average Bonchev–Trinajstić information content (AvgIpc) is 3.62. The van der Waals surface area contributed by atoms with E-state index >= 15 is 8.78 Å². The molecule has 180 valence electrons. The number of likely N-dealkylation sites (N-methyl/N-ethyl adjacent to an activating group) is 1. The molecule has 2 fully saturated rings. The molecule has 34 heavy (non-hydrogen) atoms. The van der Waals surface area contributed by atoms with Gasteiger partial charge < -0.3 is 20.1 Å². The molecule has 2 aromatic heterocycles. The van der Waals surface area contributed by atoms with Gasteiger partial charge in [0.2, 0.25) is 0 Å². The molecule has 0 bridgehead atoms. The summed E-state index contributed by atoms with van der Waals surface area (Å²) in [6.07, 6.45) is 4.22. The van der Waals surface area contributed by atoms with Crippen molar-refractivity contribution in [2.45, 2.75) is 37.3 Å². The number of aromatic nitrogens is 3. The summed E-state index contributed by atoms with van der Waals surface area (Å²) in [4.78, 5) is 15.3. The summed E-state index contributed by atoms with van der Waals surface area (Å²) in [5, 5.41) is 13.2. The van der Waals surface area contributed by atoms with Crippen LogP contribution in [-0.4, -0.2) is 60.5 Å². The number of ether oxygens (including phenoxy) is 1. The highest BCUT2D eigenvalue weighted by Crippen LogP contribution is 2.49. The fourth-order valence-electron chi connectivity index (χ4n) is 4.67. The van der Waals surface area contributed by atoms with Crippen molar-refractivity contribution in [1.29, 1.82) is 0 Å². The zero-order valence-corrected chi connectivity index (χ0v) is 19.4. The van der Waals surface area contributed by atoms with Crippen molar-refractivity contribution in [3.63, 3.8) is 0 Å². The lowest BCUT2D eigenvalue weighted by Gasteiger charge is -2.25. The molecule has 1 aliphatic carbocycles. The van der Waals surface area contributed by atoms with Gasteiger partial charge in [-0.15, -0.1) is 0 Å². The Bertz CT molecular complexity index is 1210. The van der Waals surface area contributed by atoms with Gasteiger partial charge in [-0.25, -0.2) is 18.7 Å². The maximum absolute atomic E-state index is 15.3. The standard InChI is InChI=1S/C25H29F2N5O2/c1-32(11-12-33)16-13-18-21(30-24(25(27)6-7-25)31-22(18)19(26)14-16)17-5-10-29-20(23(17)34-2)15-3-8-28-9-4-15/h5,10,13-15,28,33H,3-4,6-9,11-12H2,1-2H3. The number of rotatable bonds is 7. The summed E-state index contributed by atoms with van der Waals surface area (Å²) < 4.78 is 36.3. The molecule has 0 spiro atoms. The number of pyridine rings is 1. The van der Waals surface area contributed by atoms with Crippen LogP contribution < -0.4 is 15.0 Å². The van der Waals surface area contributed by atoms with Gasteiger partial charge in [-0.2, -0.15) is 0 Å². The van der Waals surface area contributed by atoms with E-state index in [-0.39, 0.29) is 23.9 Å². The number of fused-ring (bicyclic) bond motifs is 1. The molecule has 9 heteroatoms. The van der Waals surface area contributed by atoms with Crippen LogP contribution in [0.2, 0.25) is 0 Å². The summed E-state index contributed by atoms with van der Waals surface area (Å²) in [5.41, 5.74) is 0.934. The number of hydrogen-bond donors (Lipinski definition) is 2. The molecule has 2 aliphatic rings. The second kappa shape index (κ2) is 9.03. The SMILES string of the molecule is COc1c(-c2nc(C3(F)CC3)nc3c(F)cc(N(C)CCO)cc23)ccnc1C1CCNCC1. The number of aliphatic hydroxyl groups excluding tert-OH is 1. The van der Waals surface area contributed by atoms with E-state index in [4.69, 9.17) is 4.74 Å². The Balaban J connectivity index is 1.75. The van der Waals surface area contributed by atoms with E-state index in [1.807, 2.05) is 0 Å². The predicted octanol–water partition coefficient (Wildman–Crippen LogP) is 3.69. The van der Waals surface area contributed by atoms with E-state index in [9.17, 15) is 5.11 Å². The number of hydrogen-bond acceptors (Lipinski definition) is 7. The minimum Gasteiger partial charge on any atom is -0.494 e. The Morgan fingerprint density at radius 2 is 2.00 bits per heavy atom. The van der Waals surface area contributed by atoms with Crippen molar-refractivity contribution in [3.8, 4) is 17.0 Å². The molecule has 3 aromatic rings. The third-order valence-electron chi connectivity index (χ3n) is 6.82. The van der Waals surface area contributed by atoms with Crippen LogP contribution in [0, 0.1) is 5.82 Å². The van der Waals surface area contributed by atoms with Crippen molar-refractivity contribution in [2.75, 3.05) is 45.3 Å². The number of halogens is 2. The molecule has 3 heterocycles. The molecule has 5 rings (SSSR count). The van der Waals surface area contributed by atoms with Gasteiger partial charge in [-0.05, 0) is 57.0 Å². The zero-order valence-electron chi connectivity index (χ0n) is 19.4. The van der Waals surface area contributed by atoms with Gasteiger partial charge in [0.15, 0.2) is 17.3 Å². The van der Waals surface area contributed by atoms with Crippen LogP contribution in [0.25, 0.3) is 22.2 Å². The van der Waals surface area contributed by atoms with Gasteiger partial charge in [-0.3, -0.25) is 4.98 Å². The number of nitrogens with zero attached hydrogens (tertiary/aromatic N) is 4. The molecule has 0 amide bonds. The first kappa shape index (κ1) is 22.9. The number of piperidine rings is 1. The second-order valence-electron chi connectivity index (χ2n) is 9.13. The van der Waals surface area contributed by atoms with Crippen LogP contribution in [0.4, 0.5) is 14.5 Å². The first-order valence-electron chi connectivity index (χ1n) is 11.7. The predicted molar refractivity (Wildman–Crippen MR) is 126 cm³/mol. The Labute approximate surface area is 197 Å². The number of aliphatic hydroxyl groups is 1. The molecule has 1 saturated heterocycles. The summed E-state index contributed by atoms with van der Waals surface area (Å²) >= 11 is 0. The number of methoxy groups -OCH3 is 1. The van der Waals surface area contributed by atoms with Gasteiger partial charge in [0.05, 0.1) is 25.1 Å². The van der Waals surface area contributed by atoms with Crippen LogP contribution in [0.3, 0.4) is 0 Å². The monoisotopic (exact) mass is 469 g/mol. The molecule has 7 nitrogen and oxygen atoms in total. The molecule has 0 unspecified atom stereocenters. The van der Waals surface area contributed by atoms with Gasteiger partial charge in [0, 0.05) is 42.3 Å². The lowest BCUT2D eigenvalue weighted by Crippen LogP contribution is -2.27. The molecule has 0 atom stereocenters. The van der Waals surface area contributed by atoms with Crippen LogP contribution in [-0.2, 0) is 5.67 Å². The molecule has 0 radical (unpaired) electrons. The summed E-state index contributed by atoms with van der Waals surface area (Å²) in [7, 11) is 3.36. The van der Waals surface area contributed by atoms with E-state index in [1.165, 1.54) is 6.07 Å². The van der Waals surface area contributed by atoms with E-state index in [2.05, 4.69) is 20.3 Å². The maximum atomic E-state index is 15.3. The topological polar surface area (TPSA) is 83.4 Å². The van der Waals surface area contributed by atoms with E-state index in [0.29, 0.717) is 47.5 Å². The lowest BCUT2D eigenvalue weighted by atomic mass is 9.91. The highest BCUT2D eigenvalue weighted by molar-refractivity contribution is 5.96. The van der Waals surface area contributed by atoms with Crippen LogP contribution in [0.1, 0.15) is 43.1 Å². The third kappa shape index (κ3) is 4.07. The van der Waals surface area contributed by atoms with Crippen molar-refractivity contribution in [2.24, 2.45) is 0 Å². The van der Waals surface area contributed by atoms with Gasteiger partial charge >= 0.3 is 0 Å². The number of alkyl halides is 1. The summed E-state index contributed by atoms with van der Waals surface area (Å²) in [5.74, 6) is 0.256. The average molecular weight is 470 g/mol. The molecule has 1 saturated carbocycles. The quantitative estimate of drug-likeness (QED) is 0.546. The Kier molecular flexibility index (Phi) is 6.07. The fourth-order valence-corrected chi connectivity index (χ4v) is 4.67. The fraction of sp³-hybridized carbons (Fsp3) is 0.480. The molecule has 1 aromatic carbocycles. The highest BCUT2D eigenvalue weighted by Gasteiger charge is 2.48. The zero-order chi connectivity index (χ0) is 23.9. The van der Waals surface area contributed by atoms with Crippen molar-refractivity contribution >= 4 is 16.6 Å². The molecular weight excluding hydrogens is 440 g/mol. The summed E-state index contributed by atoms with van der Waals surface area (Å²) in [6.45, 7) is 2.07. The largest absolute Gasteiger partial charge is 0.494 e. The van der Waals surface area contributed by atoms with Gasteiger partial charge in [0.25, 0.3) is 0 Å². The van der Waals surface area contributed by atoms with Crippen molar-refractivity contribution < 1.29 is 18.6 Å². The van der Waals surface area contributed by atoms with Crippen LogP contribution in [0.15, 0.2) is 24.4 Å². The minimum absolute atomic E-state index is 0.00708. The summed E-state index contributed by atoms with van der Waals surface area (Å²) in [6, 6.07) is 4.93. The van der Waals surface area contributed by atoms with Gasteiger partial charge in [-0.1, -0.05) is 0 Å². The first-order valence-corrected chi connectivity index (χ1v) is 11.7. The number of nitrogens with one attached hydrogen (secondary N) is 1. The maximum Gasteiger partial charge on any atom is 0.170 e. The van der Waals surface area contributed by atoms with Gasteiger partial charge in [0.1, 0.15) is 11.3 Å². The smallest absolute Gasteiger partial charge is 0.170 e. The van der Waals surface area contributed by atoms with Crippen molar-refractivity contribution in [3.05, 3.63) is 41.7 Å². The molecule has 1 aliphatic heterocycles.